The maximum atomic E-state index is 5.60. The van der Waals surface area contributed by atoms with E-state index in [1.54, 1.807) is 6.20 Å². The van der Waals surface area contributed by atoms with Gasteiger partial charge >= 0.3 is 0 Å². The predicted molar refractivity (Wildman–Crippen MR) is 83.8 cm³/mol. The fourth-order valence-electron chi connectivity index (χ4n) is 2.39. The van der Waals surface area contributed by atoms with Crippen molar-refractivity contribution in [3.8, 4) is 11.1 Å². The molecule has 3 heterocycles. The van der Waals surface area contributed by atoms with Crippen molar-refractivity contribution in [3.05, 3.63) is 42.4 Å². The van der Waals surface area contributed by atoms with E-state index in [1.807, 2.05) is 24.5 Å². The number of nitrogens with zero attached hydrogens (tertiary/aromatic N) is 2. The zero-order valence-corrected chi connectivity index (χ0v) is 10.5. The molecule has 0 bridgehead atoms. The molecule has 5 N–H and O–H groups in total. The van der Waals surface area contributed by atoms with Crippen LogP contribution < -0.4 is 16.6 Å². The van der Waals surface area contributed by atoms with E-state index in [9.17, 15) is 0 Å². The molecule has 102 valence electrons. The molecule has 6 heteroatoms. The van der Waals surface area contributed by atoms with Gasteiger partial charge in [0.1, 0.15) is 5.65 Å². The van der Waals surface area contributed by atoms with Crippen LogP contribution >= 0.6 is 0 Å². The smallest absolute Gasteiger partial charge is 0.221 e. The van der Waals surface area contributed by atoms with Gasteiger partial charge in [0, 0.05) is 38.0 Å². The SMILES string of the molecule is Nc1ncc2c(-c3ccc4c(c3)C=CNN4)c[nH]c2n1.[HH].[HH]. The average Bonchev–Trinajstić information content (AvgIpc) is 2.89. The summed E-state index contributed by atoms with van der Waals surface area (Å²) in [6.07, 6.45) is 7.57. The third-order valence-corrected chi connectivity index (χ3v) is 3.37. The Hall–Kier alpha value is -3.02. The van der Waals surface area contributed by atoms with Crippen LogP contribution in [0.15, 0.2) is 36.8 Å². The number of aromatic nitrogens is 3. The average molecular weight is 268 g/mol. The number of aromatic amines is 1. The van der Waals surface area contributed by atoms with Crippen LogP contribution in [0, 0.1) is 0 Å². The normalized spacial score (nSPS) is 12.8. The fraction of sp³-hybridized carbons (Fsp3) is 0. The summed E-state index contributed by atoms with van der Waals surface area (Å²) in [7, 11) is 0. The second-order valence-corrected chi connectivity index (χ2v) is 4.60. The summed E-state index contributed by atoms with van der Waals surface area (Å²) in [5, 5.41) is 0.963. The molecule has 4 rings (SSSR count). The zero-order valence-electron chi connectivity index (χ0n) is 10.5. The number of nitrogens with one attached hydrogen (secondary N) is 3. The van der Waals surface area contributed by atoms with Gasteiger partial charge < -0.3 is 21.6 Å². The first kappa shape index (κ1) is 10.9. The molecular formula is C14H16N6. The molecular weight excluding hydrogens is 252 g/mol. The topological polar surface area (TPSA) is 91.6 Å². The van der Waals surface area contributed by atoms with Crippen LogP contribution in [0.4, 0.5) is 11.6 Å². The van der Waals surface area contributed by atoms with Crippen molar-refractivity contribution in [3.63, 3.8) is 0 Å². The number of nitrogens with two attached hydrogens (primary N) is 1. The monoisotopic (exact) mass is 268 g/mol. The molecule has 0 spiro atoms. The van der Waals surface area contributed by atoms with Crippen molar-refractivity contribution in [2.75, 3.05) is 11.2 Å². The highest BCUT2D eigenvalue weighted by Crippen LogP contribution is 2.31. The number of fused-ring (bicyclic) bond motifs is 2. The largest absolute Gasteiger partial charge is 0.368 e. The Bertz CT molecular complexity index is 842. The van der Waals surface area contributed by atoms with Crippen molar-refractivity contribution < 1.29 is 2.85 Å². The van der Waals surface area contributed by atoms with Gasteiger partial charge in [-0.3, -0.25) is 0 Å². The molecule has 2 aromatic heterocycles. The van der Waals surface area contributed by atoms with Crippen molar-refractivity contribution in [2.24, 2.45) is 0 Å². The van der Waals surface area contributed by atoms with Gasteiger partial charge in [0.2, 0.25) is 5.95 Å². The van der Waals surface area contributed by atoms with E-state index in [0.29, 0.717) is 0 Å². The van der Waals surface area contributed by atoms with Gasteiger partial charge in [0.05, 0.1) is 5.69 Å². The minimum absolute atomic E-state index is 0. The number of nitrogen functional groups attached to an aromatic ring is 1. The van der Waals surface area contributed by atoms with E-state index < -0.39 is 0 Å². The van der Waals surface area contributed by atoms with Crippen LogP contribution in [0.2, 0.25) is 0 Å². The molecule has 0 unspecified atom stereocenters. The van der Waals surface area contributed by atoms with Crippen LogP contribution in [-0.4, -0.2) is 15.0 Å². The Morgan fingerprint density at radius 1 is 1.25 bits per heavy atom. The number of rotatable bonds is 1. The van der Waals surface area contributed by atoms with Crippen LogP contribution in [0.5, 0.6) is 0 Å². The summed E-state index contributed by atoms with van der Waals surface area (Å²) < 4.78 is 0. The molecule has 1 aliphatic rings. The summed E-state index contributed by atoms with van der Waals surface area (Å²) in [5.41, 5.74) is 16.8. The standard InChI is InChI=1S/C14H12N6.2H2/c15-14-17-7-11-10(6-16-13(11)19-14)8-1-2-12-9(5-8)3-4-18-20-12;;/h1-7,18,20H,(H3,15,16,17,19);2*1H. The van der Waals surface area contributed by atoms with Crippen molar-refractivity contribution in [1.29, 1.82) is 0 Å². The molecule has 1 aliphatic heterocycles. The third kappa shape index (κ3) is 1.58. The van der Waals surface area contributed by atoms with Gasteiger partial charge in [-0.05, 0) is 23.8 Å². The Balaban J connectivity index is 0.000000882. The summed E-state index contributed by atoms with van der Waals surface area (Å²) in [6.45, 7) is 0. The summed E-state index contributed by atoms with van der Waals surface area (Å²) in [4.78, 5) is 11.4. The molecule has 0 saturated carbocycles. The van der Waals surface area contributed by atoms with Gasteiger partial charge in [0.15, 0.2) is 0 Å². The Morgan fingerprint density at radius 3 is 3.15 bits per heavy atom. The molecule has 0 aliphatic carbocycles. The maximum absolute atomic E-state index is 5.60. The lowest BCUT2D eigenvalue weighted by Gasteiger charge is -2.15. The lowest BCUT2D eigenvalue weighted by Crippen LogP contribution is -2.17. The van der Waals surface area contributed by atoms with Gasteiger partial charge in [-0.1, -0.05) is 6.07 Å². The van der Waals surface area contributed by atoms with Crippen LogP contribution in [0.1, 0.15) is 8.42 Å². The van der Waals surface area contributed by atoms with Crippen molar-refractivity contribution in [2.45, 2.75) is 0 Å². The van der Waals surface area contributed by atoms with E-state index in [0.717, 1.165) is 33.4 Å². The molecule has 0 amide bonds. The van der Waals surface area contributed by atoms with E-state index in [-0.39, 0.29) is 8.80 Å². The van der Waals surface area contributed by atoms with Gasteiger partial charge in [-0.25, -0.2) is 4.98 Å². The Labute approximate surface area is 117 Å². The zero-order chi connectivity index (χ0) is 13.5. The van der Waals surface area contributed by atoms with Gasteiger partial charge in [-0.2, -0.15) is 4.98 Å². The van der Waals surface area contributed by atoms with E-state index in [4.69, 9.17) is 5.73 Å². The molecule has 0 saturated heterocycles. The number of hydrazine groups is 1. The van der Waals surface area contributed by atoms with Gasteiger partial charge in [-0.15, -0.1) is 0 Å². The predicted octanol–water partition coefficient (Wildman–Crippen LogP) is 2.60. The Morgan fingerprint density at radius 2 is 2.20 bits per heavy atom. The molecule has 20 heavy (non-hydrogen) atoms. The first-order valence-corrected chi connectivity index (χ1v) is 6.23. The number of anilines is 2. The second kappa shape index (κ2) is 3.99. The molecule has 0 radical (unpaired) electrons. The molecule has 0 atom stereocenters. The fourth-order valence-corrected chi connectivity index (χ4v) is 2.39. The van der Waals surface area contributed by atoms with E-state index in [1.165, 1.54) is 0 Å². The highest BCUT2D eigenvalue weighted by molar-refractivity contribution is 5.94. The van der Waals surface area contributed by atoms with Crippen LogP contribution in [0.25, 0.3) is 28.2 Å². The lowest BCUT2D eigenvalue weighted by atomic mass is 10.0. The quantitative estimate of drug-likeness (QED) is 0.544. The number of hydrogen-bond donors (Lipinski definition) is 4. The molecule has 0 fully saturated rings. The molecule has 6 nitrogen and oxygen atoms in total. The van der Waals surface area contributed by atoms with Crippen LogP contribution in [-0.2, 0) is 0 Å². The maximum Gasteiger partial charge on any atom is 0.221 e. The minimum Gasteiger partial charge on any atom is -0.368 e. The summed E-state index contributed by atoms with van der Waals surface area (Å²) in [5.74, 6) is 0.273. The first-order chi connectivity index (χ1) is 9.81. The van der Waals surface area contributed by atoms with Crippen molar-refractivity contribution in [1.82, 2.24) is 20.4 Å². The highest BCUT2D eigenvalue weighted by Gasteiger charge is 2.10. The minimum atomic E-state index is 0. The van der Waals surface area contributed by atoms with Crippen LogP contribution in [0.3, 0.4) is 0 Å². The highest BCUT2D eigenvalue weighted by atomic mass is 15.3. The van der Waals surface area contributed by atoms with E-state index in [2.05, 4.69) is 37.9 Å². The molecule has 1 aromatic carbocycles. The summed E-state index contributed by atoms with van der Waals surface area (Å²) >= 11 is 0. The summed E-state index contributed by atoms with van der Waals surface area (Å²) in [6, 6.07) is 6.22. The third-order valence-electron chi connectivity index (χ3n) is 3.37. The van der Waals surface area contributed by atoms with Crippen molar-refractivity contribution >= 4 is 28.7 Å². The first-order valence-electron chi connectivity index (χ1n) is 6.23. The van der Waals surface area contributed by atoms with E-state index >= 15 is 0 Å². The second-order valence-electron chi connectivity index (χ2n) is 4.60. The van der Waals surface area contributed by atoms with Gasteiger partial charge in [0.25, 0.3) is 0 Å². The lowest BCUT2D eigenvalue weighted by molar-refractivity contribution is 1.05. The molecule has 3 aromatic rings. The number of hydrogen-bond acceptors (Lipinski definition) is 5. The Kier molecular flexibility index (Phi) is 2.17. The number of H-pyrrole nitrogens is 1. The number of benzene rings is 1.